The standard InChI is InChI=1S/C17H13ClFN5O/c18-12-3-6-14(20-9-12)16-22-21-15-10-23(7-8-24(15)16)17(25)11-1-4-13(19)5-2-11/h1-6,9H,7-8,10H2. The van der Waals surface area contributed by atoms with Crippen molar-refractivity contribution in [3.8, 4) is 11.5 Å². The fourth-order valence-electron chi connectivity index (χ4n) is 2.80. The van der Waals surface area contributed by atoms with Crippen molar-refractivity contribution >= 4 is 17.5 Å². The molecule has 126 valence electrons. The number of nitrogens with zero attached hydrogens (tertiary/aromatic N) is 5. The van der Waals surface area contributed by atoms with Crippen molar-refractivity contribution in [3.05, 3.63) is 64.8 Å². The Morgan fingerprint density at radius 3 is 2.60 bits per heavy atom. The molecule has 6 nitrogen and oxygen atoms in total. The molecule has 0 atom stereocenters. The van der Waals surface area contributed by atoms with Gasteiger partial charge in [-0.25, -0.2) is 4.39 Å². The zero-order chi connectivity index (χ0) is 17.4. The Bertz CT molecular complexity index is 923. The second-order valence-corrected chi connectivity index (χ2v) is 6.12. The van der Waals surface area contributed by atoms with E-state index in [9.17, 15) is 9.18 Å². The first kappa shape index (κ1) is 15.7. The number of rotatable bonds is 2. The monoisotopic (exact) mass is 357 g/mol. The van der Waals surface area contributed by atoms with Crippen molar-refractivity contribution in [1.29, 1.82) is 0 Å². The first-order valence-corrected chi connectivity index (χ1v) is 8.08. The van der Waals surface area contributed by atoms with Crippen molar-refractivity contribution in [1.82, 2.24) is 24.6 Å². The van der Waals surface area contributed by atoms with Gasteiger partial charge in [-0.05, 0) is 36.4 Å². The van der Waals surface area contributed by atoms with Crippen LogP contribution in [0.3, 0.4) is 0 Å². The van der Waals surface area contributed by atoms with Crippen LogP contribution in [0.25, 0.3) is 11.5 Å². The summed E-state index contributed by atoms with van der Waals surface area (Å²) >= 11 is 5.87. The Balaban J connectivity index is 1.57. The van der Waals surface area contributed by atoms with Gasteiger partial charge in [-0.15, -0.1) is 10.2 Å². The molecule has 0 fully saturated rings. The highest BCUT2D eigenvalue weighted by molar-refractivity contribution is 6.30. The van der Waals surface area contributed by atoms with Gasteiger partial charge in [-0.3, -0.25) is 9.78 Å². The molecular weight excluding hydrogens is 345 g/mol. The van der Waals surface area contributed by atoms with Gasteiger partial charge in [0, 0.05) is 24.8 Å². The molecule has 0 saturated heterocycles. The minimum atomic E-state index is -0.366. The first-order chi connectivity index (χ1) is 12.1. The number of pyridine rings is 1. The van der Waals surface area contributed by atoms with E-state index in [1.54, 1.807) is 23.2 Å². The normalized spacial score (nSPS) is 13.6. The Hall–Kier alpha value is -2.80. The van der Waals surface area contributed by atoms with E-state index in [4.69, 9.17) is 11.6 Å². The summed E-state index contributed by atoms with van der Waals surface area (Å²) in [6, 6.07) is 9.07. The zero-order valence-corrected chi connectivity index (χ0v) is 13.8. The molecule has 8 heteroatoms. The molecule has 1 aromatic carbocycles. The van der Waals surface area contributed by atoms with Crippen molar-refractivity contribution < 1.29 is 9.18 Å². The number of carbonyl (C=O) groups is 1. The Labute approximate surface area is 147 Å². The van der Waals surface area contributed by atoms with Crippen LogP contribution in [0, 0.1) is 5.82 Å². The van der Waals surface area contributed by atoms with Gasteiger partial charge < -0.3 is 9.47 Å². The van der Waals surface area contributed by atoms with Crippen molar-refractivity contribution in [2.24, 2.45) is 0 Å². The summed E-state index contributed by atoms with van der Waals surface area (Å²) in [5, 5.41) is 8.93. The number of aromatic nitrogens is 4. The summed E-state index contributed by atoms with van der Waals surface area (Å²) < 4.78 is 15.0. The van der Waals surface area contributed by atoms with Gasteiger partial charge >= 0.3 is 0 Å². The van der Waals surface area contributed by atoms with Gasteiger partial charge in [0.1, 0.15) is 11.5 Å². The number of fused-ring (bicyclic) bond motifs is 1. The number of carbonyl (C=O) groups excluding carboxylic acids is 1. The molecule has 0 unspecified atom stereocenters. The molecule has 25 heavy (non-hydrogen) atoms. The molecule has 2 aromatic heterocycles. The molecule has 0 aliphatic carbocycles. The lowest BCUT2D eigenvalue weighted by Gasteiger charge is -2.27. The van der Waals surface area contributed by atoms with Crippen LogP contribution in [0.1, 0.15) is 16.2 Å². The highest BCUT2D eigenvalue weighted by atomic mass is 35.5. The highest BCUT2D eigenvalue weighted by Crippen LogP contribution is 2.22. The maximum absolute atomic E-state index is 13.0. The topological polar surface area (TPSA) is 63.9 Å². The number of hydrogen-bond donors (Lipinski definition) is 0. The fraction of sp³-hybridized carbons (Fsp3) is 0.176. The molecule has 1 amide bonds. The molecule has 0 N–H and O–H groups in total. The van der Waals surface area contributed by atoms with Gasteiger partial charge in [0.2, 0.25) is 0 Å². The van der Waals surface area contributed by atoms with Crippen LogP contribution < -0.4 is 0 Å². The Morgan fingerprint density at radius 2 is 1.88 bits per heavy atom. The predicted octanol–water partition coefficient (Wildman–Crippen LogP) is 2.79. The SMILES string of the molecule is O=C(c1ccc(F)cc1)N1CCn2c(nnc2-c2ccc(Cl)cn2)C1. The van der Waals surface area contributed by atoms with E-state index in [2.05, 4.69) is 15.2 Å². The quantitative estimate of drug-likeness (QED) is 0.707. The van der Waals surface area contributed by atoms with Crippen LogP contribution in [0.4, 0.5) is 4.39 Å². The van der Waals surface area contributed by atoms with Crippen LogP contribution in [0.2, 0.25) is 5.02 Å². The predicted molar refractivity (Wildman–Crippen MR) is 89.4 cm³/mol. The third-order valence-electron chi connectivity index (χ3n) is 4.09. The second kappa shape index (κ2) is 6.25. The third-order valence-corrected chi connectivity index (χ3v) is 4.31. The number of amides is 1. The summed E-state index contributed by atoms with van der Waals surface area (Å²) in [7, 11) is 0. The van der Waals surface area contributed by atoms with E-state index in [1.807, 2.05) is 4.57 Å². The van der Waals surface area contributed by atoms with Gasteiger partial charge in [-0.2, -0.15) is 0 Å². The van der Waals surface area contributed by atoms with E-state index >= 15 is 0 Å². The fourth-order valence-corrected chi connectivity index (χ4v) is 2.92. The lowest BCUT2D eigenvalue weighted by Crippen LogP contribution is -2.38. The van der Waals surface area contributed by atoms with E-state index in [1.165, 1.54) is 24.3 Å². The second-order valence-electron chi connectivity index (χ2n) is 5.69. The lowest BCUT2D eigenvalue weighted by molar-refractivity contribution is 0.0708. The molecule has 0 radical (unpaired) electrons. The van der Waals surface area contributed by atoms with Crippen LogP contribution in [0.15, 0.2) is 42.6 Å². The molecule has 3 aromatic rings. The summed E-state index contributed by atoms with van der Waals surface area (Å²) in [6.45, 7) is 1.42. The number of benzene rings is 1. The largest absolute Gasteiger partial charge is 0.329 e. The van der Waals surface area contributed by atoms with Crippen molar-refractivity contribution in [2.45, 2.75) is 13.1 Å². The Kier molecular flexibility index (Phi) is 3.93. The van der Waals surface area contributed by atoms with E-state index in [0.29, 0.717) is 47.6 Å². The summed E-state index contributed by atoms with van der Waals surface area (Å²) in [4.78, 5) is 18.5. The molecule has 3 heterocycles. The third kappa shape index (κ3) is 2.98. The average molecular weight is 358 g/mol. The maximum Gasteiger partial charge on any atom is 0.254 e. The molecule has 0 saturated carbocycles. The smallest absolute Gasteiger partial charge is 0.254 e. The molecule has 0 bridgehead atoms. The van der Waals surface area contributed by atoms with E-state index < -0.39 is 0 Å². The van der Waals surface area contributed by atoms with Gasteiger partial charge in [0.25, 0.3) is 5.91 Å². The van der Waals surface area contributed by atoms with Gasteiger partial charge in [0.05, 0.1) is 11.6 Å². The Morgan fingerprint density at radius 1 is 1.08 bits per heavy atom. The molecule has 1 aliphatic rings. The summed E-state index contributed by atoms with van der Waals surface area (Å²) in [5.41, 5.74) is 1.13. The van der Waals surface area contributed by atoms with Crippen LogP contribution in [-0.4, -0.2) is 37.1 Å². The minimum Gasteiger partial charge on any atom is -0.329 e. The van der Waals surface area contributed by atoms with Crippen LogP contribution >= 0.6 is 11.6 Å². The van der Waals surface area contributed by atoms with Crippen molar-refractivity contribution in [3.63, 3.8) is 0 Å². The summed E-state index contributed by atoms with van der Waals surface area (Å²) in [5.74, 6) is 0.824. The molecule has 1 aliphatic heterocycles. The summed E-state index contributed by atoms with van der Waals surface area (Å²) in [6.07, 6.45) is 1.56. The van der Waals surface area contributed by atoms with E-state index in [-0.39, 0.29) is 11.7 Å². The lowest BCUT2D eigenvalue weighted by atomic mass is 10.2. The minimum absolute atomic E-state index is 0.152. The van der Waals surface area contributed by atoms with E-state index in [0.717, 1.165) is 0 Å². The van der Waals surface area contributed by atoms with Crippen LogP contribution in [0.5, 0.6) is 0 Å². The van der Waals surface area contributed by atoms with Gasteiger partial charge in [0.15, 0.2) is 11.6 Å². The average Bonchev–Trinajstić information content (AvgIpc) is 3.05. The zero-order valence-electron chi connectivity index (χ0n) is 13.1. The van der Waals surface area contributed by atoms with Crippen molar-refractivity contribution in [2.75, 3.05) is 6.54 Å². The molecule has 0 spiro atoms. The number of halogens is 2. The van der Waals surface area contributed by atoms with Crippen LogP contribution in [-0.2, 0) is 13.1 Å². The van der Waals surface area contributed by atoms with Gasteiger partial charge in [-0.1, -0.05) is 11.6 Å². The first-order valence-electron chi connectivity index (χ1n) is 7.70. The molecule has 4 rings (SSSR count). The highest BCUT2D eigenvalue weighted by Gasteiger charge is 2.26. The molecular formula is C17H13ClFN5O. The maximum atomic E-state index is 13.0. The number of hydrogen-bond acceptors (Lipinski definition) is 4.